The van der Waals surface area contributed by atoms with Crippen molar-refractivity contribution in [1.82, 2.24) is 10.3 Å². The molecule has 132 valence electrons. The molecule has 1 aliphatic heterocycles. The smallest absolute Gasteiger partial charge is 0.220 e. The molecule has 0 spiro atoms. The van der Waals surface area contributed by atoms with E-state index in [0.717, 1.165) is 38.0 Å². The second-order valence-electron chi connectivity index (χ2n) is 6.71. The zero-order valence-electron chi connectivity index (χ0n) is 14.8. The third kappa shape index (κ3) is 4.89. The minimum atomic E-state index is 0.0157. The van der Waals surface area contributed by atoms with Crippen LogP contribution in [0.15, 0.2) is 48.8 Å². The van der Waals surface area contributed by atoms with Gasteiger partial charge in [0.05, 0.1) is 6.04 Å². The standard InChI is InChI=1S/C21H26N2O2/c1-16-5-2-3-6-17(16)8-9-20(24)23-21(18-10-13-25-14-11-18)19-7-4-12-22-15-19/h2-7,12,15,18,21H,8-11,13-14H2,1H3,(H,23,24)/t21-/m0/s1. The third-order valence-electron chi connectivity index (χ3n) is 4.98. The van der Waals surface area contributed by atoms with E-state index in [1.807, 2.05) is 24.4 Å². The van der Waals surface area contributed by atoms with E-state index >= 15 is 0 Å². The Bertz CT molecular complexity index is 681. The van der Waals surface area contributed by atoms with E-state index in [4.69, 9.17) is 4.74 Å². The number of carbonyl (C=O) groups is 1. The van der Waals surface area contributed by atoms with Crippen molar-refractivity contribution >= 4 is 5.91 Å². The van der Waals surface area contributed by atoms with Gasteiger partial charge in [-0.1, -0.05) is 30.3 Å². The highest BCUT2D eigenvalue weighted by atomic mass is 16.5. The number of ether oxygens (including phenoxy) is 1. The van der Waals surface area contributed by atoms with Gasteiger partial charge >= 0.3 is 0 Å². The van der Waals surface area contributed by atoms with Crippen LogP contribution in [0, 0.1) is 12.8 Å². The topological polar surface area (TPSA) is 51.2 Å². The Hall–Kier alpha value is -2.20. The number of aryl methyl sites for hydroxylation is 2. The van der Waals surface area contributed by atoms with Crippen LogP contribution in [0.2, 0.25) is 0 Å². The predicted octanol–water partition coefficient (Wildman–Crippen LogP) is 3.61. The quantitative estimate of drug-likeness (QED) is 0.875. The fraction of sp³-hybridized carbons (Fsp3) is 0.429. The molecule has 1 fully saturated rings. The second-order valence-corrected chi connectivity index (χ2v) is 6.71. The van der Waals surface area contributed by atoms with Crippen LogP contribution in [-0.2, 0) is 16.0 Å². The van der Waals surface area contributed by atoms with Crippen molar-refractivity contribution in [2.24, 2.45) is 5.92 Å². The first-order valence-electron chi connectivity index (χ1n) is 9.05. The van der Waals surface area contributed by atoms with Crippen LogP contribution in [-0.4, -0.2) is 24.1 Å². The van der Waals surface area contributed by atoms with E-state index in [0.29, 0.717) is 12.3 Å². The van der Waals surface area contributed by atoms with E-state index in [1.54, 1.807) is 6.20 Å². The highest BCUT2D eigenvalue weighted by Crippen LogP contribution is 2.29. The number of nitrogens with one attached hydrogen (secondary N) is 1. The summed E-state index contributed by atoms with van der Waals surface area (Å²) in [6.45, 7) is 3.62. The molecule has 1 atom stereocenters. The van der Waals surface area contributed by atoms with Crippen LogP contribution in [0.25, 0.3) is 0 Å². The van der Waals surface area contributed by atoms with Gasteiger partial charge in [-0.15, -0.1) is 0 Å². The van der Waals surface area contributed by atoms with Crippen molar-refractivity contribution in [2.75, 3.05) is 13.2 Å². The van der Waals surface area contributed by atoms with E-state index in [2.05, 4.69) is 35.4 Å². The molecule has 25 heavy (non-hydrogen) atoms. The number of amides is 1. The Morgan fingerprint density at radius 1 is 1.24 bits per heavy atom. The number of rotatable bonds is 6. The van der Waals surface area contributed by atoms with Crippen molar-refractivity contribution in [3.8, 4) is 0 Å². The van der Waals surface area contributed by atoms with Gasteiger partial charge in [-0.3, -0.25) is 9.78 Å². The summed E-state index contributed by atoms with van der Waals surface area (Å²) in [5.74, 6) is 0.504. The summed E-state index contributed by atoms with van der Waals surface area (Å²) in [7, 11) is 0. The largest absolute Gasteiger partial charge is 0.381 e. The molecule has 2 aromatic rings. The zero-order valence-corrected chi connectivity index (χ0v) is 14.8. The number of hydrogen-bond acceptors (Lipinski definition) is 3. The van der Waals surface area contributed by atoms with Crippen LogP contribution < -0.4 is 5.32 Å². The van der Waals surface area contributed by atoms with Crippen molar-refractivity contribution in [2.45, 2.75) is 38.6 Å². The molecule has 1 saturated heterocycles. The second kappa shape index (κ2) is 8.77. The molecule has 0 unspecified atom stereocenters. The Labute approximate surface area is 149 Å². The summed E-state index contributed by atoms with van der Waals surface area (Å²) in [5, 5.41) is 3.26. The number of nitrogens with zero attached hydrogens (tertiary/aromatic N) is 1. The highest BCUT2D eigenvalue weighted by Gasteiger charge is 2.27. The minimum Gasteiger partial charge on any atom is -0.381 e. The van der Waals surface area contributed by atoms with Crippen LogP contribution >= 0.6 is 0 Å². The predicted molar refractivity (Wildman–Crippen MR) is 98.2 cm³/mol. The molecule has 0 saturated carbocycles. The van der Waals surface area contributed by atoms with Gasteiger partial charge in [-0.05, 0) is 54.9 Å². The average molecular weight is 338 g/mol. The van der Waals surface area contributed by atoms with Crippen molar-refractivity contribution in [3.05, 3.63) is 65.5 Å². The number of pyridine rings is 1. The SMILES string of the molecule is Cc1ccccc1CCC(=O)N[C@H](c1cccnc1)C1CCOCC1. The molecule has 4 nitrogen and oxygen atoms in total. The maximum absolute atomic E-state index is 12.6. The van der Waals surface area contributed by atoms with Crippen LogP contribution in [0.4, 0.5) is 0 Å². The van der Waals surface area contributed by atoms with Gasteiger partial charge < -0.3 is 10.1 Å². The number of benzene rings is 1. The van der Waals surface area contributed by atoms with Crippen molar-refractivity contribution in [3.63, 3.8) is 0 Å². The van der Waals surface area contributed by atoms with Gasteiger partial charge in [-0.2, -0.15) is 0 Å². The molecule has 3 rings (SSSR count). The number of hydrogen-bond donors (Lipinski definition) is 1. The molecular weight excluding hydrogens is 312 g/mol. The van der Waals surface area contributed by atoms with E-state index in [9.17, 15) is 4.79 Å². The van der Waals surface area contributed by atoms with Crippen molar-refractivity contribution in [1.29, 1.82) is 0 Å². The normalized spacial score (nSPS) is 16.4. The monoisotopic (exact) mass is 338 g/mol. The summed E-state index contributed by atoms with van der Waals surface area (Å²) in [6, 6.07) is 12.2. The molecular formula is C21H26N2O2. The molecule has 0 aliphatic carbocycles. The van der Waals surface area contributed by atoms with Gasteiger partial charge in [0.1, 0.15) is 0 Å². The maximum atomic E-state index is 12.6. The summed E-state index contributed by atoms with van der Waals surface area (Å²) in [4.78, 5) is 16.8. The fourth-order valence-electron chi connectivity index (χ4n) is 3.47. The third-order valence-corrected chi connectivity index (χ3v) is 4.98. The minimum absolute atomic E-state index is 0.0157. The molecule has 1 aliphatic rings. The molecule has 1 aromatic carbocycles. The van der Waals surface area contributed by atoms with Crippen LogP contribution in [0.1, 0.15) is 42.0 Å². The molecule has 0 bridgehead atoms. The van der Waals surface area contributed by atoms with Gasteiger partial charge in [-0.25, -0.2) is 0 Å². The lowest BCUT2D eigenvalue weighted by Gasteiger charge is -2.31. The Morgan fingerprint density at radius 2 is 2.04 bits per heavy atom. The first-order valence-corrected chi connectivity index (χ1v) is 9.05. The Morgan fingerprint density at radius 3 is 2.76 bits per heavy atom. The molecule has 1 N–H and O–H groups in total. The number of carbonyl (C=O) groups excluding carboxylic acids is 1. The van der Waals surface area contributed by atoms with E-state index in [-0.39, 0.29) is 11.9 Å². The summed E-state index contributed by atoms with van der Waals surface area (Å²) in [6.07, 6.45) is 6.85. The lowest BCUT2D eigenvalue weighted by atomic mass is 9.87. The fourth-order valence-corrected chi connectivity index (χ4v) is 3.47. The summed E-state index contributed by atoms with van der Waals surface area (Å²) < 4.78 is 5.48. The maximum Gasteiger partial charge on any atom is 0.220 e. The Kier molecular flexibility index (Phi) is 6.18. The highest BCUT2D eigenvalue weighted by molar-refractivity contribution is 5.76. The Balaban J connectivity index is 1.65. The van der Waals surface area contributed by atoms with Gasteiger partial charge in [0.25, 0.3) is 0 Å². The van der Waals surface area contributed by atoms with Crippen LogP contribution in [0.3, 0.4) is 0 Å². The average Bonchev–Trinajstić information content (AvgIpc) is 2.67. The van der Waals surface area contributed by atoms with Crippen LogP contribution in [0.5, 0.6) is 0 Å². The van der Waals surface area contributed by atoms with Gasteiger partial charge in [0.15, 0.2) is 0 Å². The van der Waals surface area contributed by atoms with Gasteiger partial charge in [0, 0.05) is 32.0 Å². The molecule has 4 heteroatoms. The zero-order chi connectivity index (χ0) is 17.5. The molecule has 1 aromatic heterocycles. The molecule has 2 heterocycles. The summed E-state index contributed by atoms with van der Waals surface area (Å²) in [5.41, 5.74) is 3.56. The van der Waals surface area contributed by atoms with E-state index in [1.165, 1.54) is 11.1 Å². The summed E-state index contributed by atoms with van der Waals surface area (Å²) >= 11 is 0. The van der Waals surface area contributed by atoms with Crippen molar-refractivity contribution < 1.29 is 9.53 Å². The first kappa shape index (κ1) is 17.6. The molecule has 0 radical (unpaired) electrons. The van der Waals surface area contributed by atoms with E-state index < -0.39 is 0 Å². The van der Waals surface area contributed by atoms with Gasteiger partial charge in [0.2, 0.25) is 5.91 Å². The molecule has 1 amide bonds. The lowest BCUT2D eigenvalue weighted by Crippen LogP contribution is -2.36. The first-order chi connectivity index (χ1) is 12.2. The number of aromatic nitrogens is 1. The lowest BCUT2D eigenvalue weighted by molar-refractivity contribution is -0.122.